The van der Waals surface area contributed by atoms with Crippen molar-refractivity contribution in [2.45, 2.75) is 16.9 Å². The number of nitrogens with two attached hydrogens (primary N) is 1. The molecule has 0 spiro atoms. The van der Waals surface area contributed by atoms with Crippen LogP contribution in [0.15, 0.2) is 59.5 Å². The third kappa shape index (κ3) is 3.76. The lowest BCUT2D eigenvalue weighted by Gasteiger charge is -2.18. The molecule has 1 saturated heterocycles. The van der Waals surface area contributed by atoms with Gasteiger partial charge < -0.3 is 10.5 Å². The van der Waals surface area contributed by atoms with Crippen LogP contribution in [0.2, 0.25) is 0 Å². The molecule has 0 amide bonds. The van der Waals surface area contributed by atoms with E-state index in [1.165, 1.54) is 23.5 Å². The second-order valence-electron chi connectivity index (χ2n) is 5.99. The molecule has 2 N–H and O–H groups in total. The molecule has 1 heterocycles. The van der Waals surface area contributed by atoms with E-state index < -0.39 is 16.0 Å². The molecule has 1 fully saturated rings. The average Bonchev–Trinajstić information content (AvgIpc) is 3.04. The van der Waals surface area contributed by atoms with Crippen LogP contribution in [0.4, 0.5) is 0 Å². The smallest absolute Gasteiger partial charge is 0.339 e. The maximum Gasteiger partial charge on any atom is 0.339 e. The van der Waals surface area contributed by atoms with Crippen LogP contribution in [0.1, 0.15) is 21.8 Å². The first-order valence-electron chi connectivity index (χ1n) is 7.93. The summed E-state index contributed by atoms with van der Waals surface area (Å²) in [5.74, 6) is -0.761. The Labute approximate surface area is 159 Å². The third-order valence-electron chi connectivity index (χ3n) is 4.47. The van der Waals surface area contributed by atoms with E-state index in [1.54, 1.807) is 12.1 Å². The molecule has 0 bridgehead atoms. The number of hydrogen-bond donors (Lipinski definition) is 1. The average molecular weight is 397 g/mol. The van der Waals surface area contributed by atoms with E-state index in [0.29, 0.717) is 0 Å². The highest BCUT2D eigenvalue weighted by molar-refractivity contribution is 7.89. The predicted molar refractivity (Wildman–Crippen MR) is 101 cm³/mol. The van der Waals surface area contributed by atoms with Gasteiger partial charge in [0.1, 0.15) is 0 Å². The normalized spacial score (nSPS) is 20.4. The monoisotopic (exact) mass is 396 g/mol. The van der Waals surface area contributed by atoms with Crippen LogP contribution in [0, 0.1) is 0 Å². The number of nitrogens with zero attached hydrogens (tertiary/aromatic N) is 1. The molecule has 0 aromatic heterocycles. The number of rotatable bonds is 4. The van der Waals surface area contributed by atoms with E-state index in [9.17, 15) is 13.2 Å². The summed E-state index contributed by atoms with van der Waals surface area (Å²) in [6.07, 6.45) is 0. The van der Waals surface area contributed by atoms with E-state index in [0.717, 1.165) is 5.56 Å². The molecule has 140 valence electrons. The molecule has 1 aliphatic rings. The Balaban J connectivity index is 0.00000243. The fraction of sp³-hybridized carbons (Fsp3) is 0.278. The van der Waals surface area contributed by atoms with E-state index in [-0.39, 0.29) is 47.9 Å². The summed E-state index contributed by atoms with van der Waals surface area (Å²) in [4.78, 5) is 11.9. The number of sulfonamides is 1. The van der Waals surface area contributed by atoms with Gasteiger partial charge in [0.15, 0.2) is 0 Å². The molecule has 26 heavy (non-hydrogen) atoms. The second-order valence-corrected chi connectivity index (χ2v) is 7.90. The Kier molecular flexibility index (Phi) is 6.41. The number of hydrogen-bond acceptors (Lipinski definition) is 5. The van der Waals surface area contributed by atoms with Gasteiger partial charge in [-0.05, 0) is 17.7 Å². The van der Waals surface area contributed by atoms with Crippen LogP contribution >= 0.6 is 12.4 Å². The van der Waals surface area contributed by atoms with Crippen molar-refractivity contribution in [3.05, 3.63) is 65.7 Å². The number of carbonyl (C=O) groups is 1. The zero-order chi connectivity index (χ0) is 18.0. The molecule has 2 aromatic rings. The summed E-state index contributed by atoms with van der Waals surface area (Å²) in [5, 5.41) is 0. The maximum absolute atomic E-state index is 13.1. The van der Waals surface area contributed by atoms with Crippen molar-refractivity contribution in [3.63, 3.8) is 0 Å². The summed E-state index contributed by atoms with van der Waals surface area (Å²) < 4.78 is 32.2. The van der Waals surface area contributed by atoms with Crippen LogP contribution < -0.4 is 5.73 Å². The van der Waals surface area contributed by atoms with Gasteiger partial charge in [0.05, 0.1) is 17.6 Å². The number of ether oxygens (including phenoxy) is 1. The first kappa shape index (κ1) is 20.4. The van der Waals surface area contributed by atoms with Crippen LogP contribution in [0.3, 0.4) is 0 Å². The lowest BCUT2D eigenvalue weighted by molar-refractivity contribution is 0.0596. The van der Waals surface area contributed by atoms with Gasteiger partial charge in [-0.1, -0.05) is 42.5 Å². The molecular formula is C18H21ClN2O4S. The minimum atomic E-state index is -3.85. The zero-order valence-electron chi connectivity index (χ0n) is 14.2. The Hall–Kier alpha value is -1.93. The van der Waals surface area contributed by atoms with Crippen molar-refractivity contribution < 1.29 is 17.9 Å². The fourth-order valence-corrected chi connectivity index (χ4v) is 4.83. The molecule has 1 aliphatic heterocycles. The van der Waals surface area contributed by atoms with Gasteiger partial charge in [-0.3, -0.25) is 0 Å². The van der Waals surface area contributed by atoms with E-state index in [4.69, 9.17) is 10.5 Å². The van der Waals surface area contributed by atoms with Gasteiger partial charge in [0, 0.05) is 25.0 Å². The highest BCUT2D eigenvalue weighted by Crippen LogP contribution is 2.31. The molecule has 0 unspecified atom stereocenters. The summed E-state index contributed by atoms with van der Waals surface area (Å²) in [6.45, 7) is 0.487. The molecule has 2 aromatic carbocycles. The SMILES string of the molecule is COC(=O)c1ccccc1S(=O)(=O)N1C[C@@H](N)[C@H](c2ccccc2)C1.Cl. The summed E-state index contributed by atoms with van der Waals surface area (Å²) in [6, 6.07) is 15.4. The van der Waals surface area contributed by atoms with Gasteiger partial charge >= 0.3 is 5.97 Å². The molecule has 0 radical (unpaired) electrons. The first-order valence-corrected chi connectivity index (χ1v) is 9.37. The summed E-state index contributed by atoms with van der Waals surface area (Å²) >= 11 is 0. The highest BCUT2D eigenvalue weighted by atomic mass is 35.5. The molecular weight excluding hydrogens is 376 g/mol. The van der Waals surface area contributed by atoms with E-state index in [1.807, 2.05) is 30.3 Å². The first-order chi connectivity index (χ1) is 11.9. The van der Waals surface area contributed by atoms with Crippen LogP contribution in [-0.2, 0) is 14.8 Å². The van der Waals surface area contributed by atoms with Gasteiger partial charge in [-0.2, -0.15) is 4.31 Å². The summed E-state index contributed by atoms with van der Waals surface area (Å²) in [5.41, 5.74) is 7.24. The van der Waals surface area contributed by atoms with Crippen molar-refractivity contribution in [1.29, 1.82) is 0 Å². The Morgan fingerprint density at radius 3 is 2.35 bits per heavy atom. The second kappa shape index (κ2) is 8.18. The topological polar surface area (TPSA) is 89.7 Å². The van der Waals surface area contributed by atoms with Crippen LogP contribution in [0.25, 0.3) is 0 Å². The van der Waals surface area contributed by atoms with E-state index >= 15 is 0 Å². The number of benzene rings is 2. The van der Waals surface area contributed by atoms with Gasteiger partial charge in [0.25, 0.3) is 0 Å². The Morgan fingerprint density at radius 2 is 1.69 bits per heavy atom. The lowest BCUT2D eigenvalue weighted by atomic mass is 9.95. The van der Waals surface area contributed by atoms with Crippen LogP contribution in [0.5, 0.6) is 0 Å². The van der Waals surface area contributed by atoms with Gasteiger partial charge in [0.2, 0.25) is 10.0 Å². The Morgan fingerprint density at radius 1 is 1.08 bits per heavy atom. The van der Waals surface area contributed by atoms with Gasteiger partial charge in [-0.25, -0.2) is 13.2 Å². The summed E-state index contributed by atoms with van der Waals surface area (Å²) in [7, 11) is -2.62. The third-order valence-corrected chi connectivity index (χ3v) is 6.36. The van der Waals surface area contributed by atoms with Crippen LogP contribution in [-0.4, -0.2) is 44.9 Å². The largest absolute Gasteiger partial charge is 0.465 e. The van der Waals surface area contributed by atoms with E-state index in [2.05, 4.69) is 0 Å². The van der Waals surface area contributed by atoms with Crippen molar-refractivity contribution in [2.75, 3.05) is 20.2 Å². The molecule has 8 heteroatoms. The predicted octanol–water partition coefficient (Wildman–Crippen LogP) is 2.01. The Bertz CT molecular complexity index is 874. The van der Waals surface area contributed by atoms with Crippen molar-refractivity contribution >= 4 is 28.4 Å². The molecule has 2 atom stereocenters. The quantitative estimate of drug-likeness (QED) is 0.798. The fourth-order valence-electron chi connectivity index (χ4n) is 3.15. The highest BCUT2D eigenvalue weighted by Gasteiger charge is 2.39. The van der Waals surface area contributed by atoms with Crippen molar-refractivity contribution in [3.8, 4) is 0 Å². The molecule has 6 nitrogen and oxygen atoms in total. The maximum atomic E-state index is 13.1. The minimum absolute atomic E-state index is 0. The molecule has 0 aliphatic carbocycles. The lowest BCUT2D eigenvalue weighted by Crippen LogP contribution is -2.33. The number of halogens is 1. The number of carbonyl (C=O) groups excluding carboxylic acids is 1. The van der Waals surface area contributed by atoms with Crippen molar-refractivity contribution in [2.24, 2.45) is 5.73 Å². The number of esters is 1. The van der Waals surface area contributed by atoms with Crippen molar-refractivity contribution in [1.82, 2.24) is 4.31 Å². The standard InChI is InChI=1S/C18H20N2O4S.ClH/c1-24-18(21)14-9-5-6-10-17(14)25(22,23)20-11-15(16(19)12-20)13-7-3-2-4-8-13;/h2-10,15-16H,11-12,19H2,1H3;1H/t15-,16+;/m0./s1. The molecule has 0 saturated carbocycles. The zero-order valence-corrected chi connectivity index (χ0v) is 15.9. The number of methoxy groups -OCH3 is 1. The van der Waals surface area contributed by atoms with Gasteiger partial charge in [-0.15, -0.1) is 12.4 Å². The molecule has 3 rings (SSSR count). The minimum Gasteiger partial charge on any atom is -0.465 e.